The van der Waals surface area contributed by atoms with Crippen LogP contribution in [0.25, 0.3) is 5.69 Å². The minimum absolute atomic E-state index is 0.0727. The van der Waals surface area contributed by atoms with Crippen molar-refractivity contribution in [2.75, 3.05) is 13.1 Å². The zero-order valence-corrected chi connectivity index (χ0v) is 14.5. The van der Waals surface area contributed by atoms with Crippen LogP contribution >= 0.6 is 0 Å². The molecule has 1 aromatic heterocycles. The fourth-order valence-corrected chi connectivity index (χ4v) is 3.27. The number of aryl methyl sites for hydroxylation is 1. The van der Waals surface area contributed by atoms with Gasteiger partial charge in [-0.3, -0.25) is 9.59 Å². The summed E-state index contributed by atoms with van der Waals surface area (Å²) >= 11 is 0. The molecule has 1 amide bonds. The highest BCUT2D eigenvalue weighted by molar-refractivity contribution is 6.35. The molecule has 1 fully saturated rings. The van der Waals surface area contributed by atoms with E-state index < -0.39 is 5.91 Å². The van der Waals surface area contributed by atoms with E-state index in [1.807, 2.05) is 30.3 Å². The number of nitrogens with zero attached hydrogens (tertiary/aromatic N) is 4. The van der Waals surface area contributed by atoms with Gasteiger partial charge in [0, 0.05) is 32.5 Å². The summed E-state index contributed by atoms with van der Waals surface area (Å²) in [6, 6.07) is 9.35. The molecule has 7 nitrogen and oxygen atoms in total. The number of carbonyl (C=O) groups is 2. The number of hydrogen-bond donors (Lipinski definition) is 0. The Bertz CT molecular complexity index is 838. The minimum Gasteiger partial charge on any atom is -0.335 e. The average Bonchev–Trinajstić information content (AvgIpc) is 2.96. The minimum atomic E-state index is -0.434. The second-order valence-corrected chi connectivity index (χ2v) is 6.30. The first-order chi connectivity index (χ1) is 12.0. The van der Waals surface area contributed by atoms with E-state index in [2.05, 4.69) is 5.10 Å². The highest BCUT2D eigenvalue weighted by Crippen LogP contribution is 2.26. The number of piperidine rings is 1. The molecule has 0 N–H and O–H groups in total. The van der Waals surface area contributed by atoms with Crippen LogP contribution in [0.5, 0.6) is 0 Å². The van der Waals surface area contributed by atoms with Crippen molar-refractivity contribution in [3.8, 4) is 5.69 Å². The number of carbonyl (C=O) groups excluding carboxylic acids is 2. The van der Waals surface area contributed by atoms with Gasteiger partial charge in [-0.25, -0.2) is 14.0 Å². The maximum absolute atomic E-state index is 12.5. The maximum atomic E-state index is 12.5. The Hall–Kier alpha value is -2.70. The van der Waals surface area contributed by atoms with Crippen LogP contribution in [-0.4, -0.2) is 44.0 Å². The van der Waals surface area contributed by atoms with Gasteiger partial charge >= 0.3 is 5.69 Å². The third-order valence-corrected chi connectivity index (χ3v) is 4.60. The number of likely N-dealkylation sites (tertiary alicyclic amines) is 1. The molecule has 2 aromatic rings. The molecule has 1 saturated heterocycles. The Morgan fingerprint density at radius 2 is 1.96 bits per heavy atom. The maximum Gasteiger partial charge on any atom is 0.350 e. The summed E-state index contributed by atoms with van der Waals surface area (Å²) in [5, 5.41) is 4.41. The third-order valence-electron chi connectivity index (χ3n) is 4.60. The number of Topliss-reactive ketones (excluding diaryl/α,β-unsaturated/α-hetero) is 1. The van der Waals surface area contributed by atoms with Crippen LogP contribution in [0, 0.1) is 0 Å². The predicted octanol–water partition coefficient (Wildman–Crippen LogP) is 1.26. The van der Waals surface area contributed by atoms with Gasteiger partial charge in [-0.15, -0.1) is 0 Å². The predicted molar refractivity (Wildman–Crippen MR) is 92.7 cm³/mol. The van der Waals surface area contributed by atoms with Gasteiger partial charge in [0.25, 0.3) is 5.91 Å². The van der Waals surface area contributed by atoms with Crippen LogP contribution in [0.3, 0.4) is 0 Å². The van der Waals surface area contributed by atoms with Crippen molar-refractivity contribution in [1.82, 2.24) is 19.2 Å². The average molecular weight is 342 g/mol. The molecule has 1 atom stereocenters. The number of amides is 1. The molecule has 25 heavy (non-hydrogen) atoms. The summed E-state index contributed by atoms with van der Waals surface area (Å²) < 4.78 is 2.92. The van der Waals surface area contributed by atoms with Crippen molar-refractivity contribution >= 4 is 11.7 Å². The largest absolute Gasteiger partial charge is 0.350 e. The zero-order chi connectivity index (χ0) is 18.0. The fourth-order valence-electron chi connectivity index (χ4n) is 3.27. The van der Waals surface area contributed by atoms with Crippen molar-refractivity contribution in [1.29, 1.82) is 0 Å². The van der Waals surface area contributed by atoms with Crippen LogP contribution in [0.2, 0.25) is 0 Å². The van der Waals surface area contributed by atoms with E-state index in [9.17, 15) is 14.4 Å². The number of hydrogen-bond acceptors (Lipinski definition) is 4. The van der Waals surface area contributed by atoms with Gasteiger partial charge < -0.3 is 4.90 Å². The number of ketones is 1. The summed E-state index contributed by atoms with van der Waals surface area (Å²) in [5.74, 6) is -0.240. The molecule has 1 aromatic carbocycles. The Morgan fingerprint density at radius 1 is 1.24 bits per heavy atom. The lowest BCUT2D eigenvalue weighted by Gasteiger charge is -2.31. The normalized spacial score (nSPS) is 17.5. The van der Waals surface area contributed by atoms with E-state index in [0.29, 0.717) is 18.9 Å². The highest BCUT2D eigenvalue weighted by atomic mass is 16.2. The fraction of sp³-hybridized carbons (Fsp3) is 0.444. The SMILES string of the molecule is CCC(=O)C(=O)N1CCC[C@H](c2nn(C)c(=O)n2-c2ccccc2)C1. The third kappa shape index (κ3) is 3.26. The Labute approximate surface area is 145 Å². The van der Waals surface area contributed by atoms with Crippen LogP contribution < -0.4 is 5.69 Å². The Kier molecular flexibility index (Phi) is 4.83. The van der Waals surface area contributed by atoms with Gasteiger partial charge in [0.1, 0.15) is 5.82 Å². The number of para-hydroxylation sites is 1. The molecule has 0 bridgehead atoms. The van der Waals surface area contributed by atoms with Gasteiger partial charge in [-0.2, -0.15) is 5.10 Å². The van der Waals surface area contributed by atoms with Gasteiger partial charge in [0.05, 0.1) is 5.69 Å². The molecule has 0 saturated carbocycles. The van der Waals surface area contributed by atoms with Crippen molar-refractivity contribution in [2.24, 2.45) is 7.05 Å². The zero-order valence-electron chi connectivity index (χ0n) is 14.5. The second-order valence-electron chi connectivity index (χ2n) is 6.30. The van der Waals surface area contributed by atoms with Crippen LogP contribution in [0.15, 0.2) is 35.1 Å². The summed E-state index contributed by atoms with van der Waals surface area (Å²) in [6.45, 7) is 2.67. The number of rotatable bonds is 4. The lowest BCUT2D eigenvalue weighted by Crippen LogP contribution is -2.43. The summed E-state index contributed by atoms with van der Waals surface area (Å²) in [5.41, 5.74) is 0.540. The first-order valence-electron chi connectivity index (χ1n) is 8.56. The van der Waals surface area contributed by atoms with E-state index in [1.165, 1.54) is 4.68 Å². The molecule has 132 valence electrons. The lowest BCUT2D eigenvalue weighted by molar-refractivity contribution is -0.145. The van der Waals surface area contributed by atoms with Crippen LogP contribution in [-0.2, 0) is 16.6 Å². The van der Waals surface area contributed by atoms with Crippen molar-refractivity contribution < 1.29 is 9.59 Å². The first-order valence-corrected chi connectivity index (χ1v) is 8.56. The lowest BCUT2D eigenvalue weighted by atomic mass is 9.96. The second kappa shape index (κ2) is 7.04. The molecular weight excluding hydrogens is 320 g/mol. The molecule has 0 radical (unpaired) electrons. The summed E-state index contributed by atoms with van der Waals surface area (Å²) in [7, 11) is 1.62. The molecular formula is C18H22N4O3. The van der Waals surface area contributed by atoms with Gasteiger partial charge in [0.2, 0.25) is 5.78 Å². The standard InChI is InChI=1S/C18H22N4O3/c1-3-15(23)17(24)21-11-7-8-13(12-21)16-19-20(2)18(25)22(16)14-9-5-4-6-10-14/h4-6,9-10,13H,3,7-8,11-12H2,1-2H3/t13-/m0/s1. The molecule has 3 rings (SSSR count). The molecule has 0 aliphatic carbocycles. The van der Waals surface area contributed by atoms with E-state index in [1.54, 1.807) is 23.4 Å². The highest BCUT2D eigenvalue weighted by Gasteiger charge is 2.31. The van der Waals surface area contributed by atoms with Gasteiger partial charge in [-0.1, -0.05) is 25.1 Å². The van der Waals surface area contributed by atoms with Crippen molar-refractivity contribution in [3.63, 3.8) is 0 Å². The quantitative estimate of drug-likeness (QED) is 0.784. The topological polar surface area (TPSA) is 77.2 Å². The molecule has 0 unspecified atom stereocenters. The van der Waals surface area contributed by atoms with Gasteiger partial charge in [-0.05, 0) is 25.0 Å². The molecule has 1 aliphatic rings. The van der Waals surface area contributed by atoms with Crippen molar-refractivity contribution in [3.05, 3.63) is 46.6 Å². The van der Waals surface area contributed by atoms with Gasteiger partial charge in [0.15, 0.2) is 0 Å². The summed E-state index contributed by atoms with van der Waals surface area (Å²) in [6.07, 6.45) is 1.82. The van der Waals surface area contributed by atoms with E-state index in [4.69, 9.17) is 0 Å². The number of benzene rings is 1. The summed E-state index contributed by atoms with van der Waals surface area (Å²) in [4.78, 5) is 38.1. The monoisotopic (exact) mass is 342 g/mol. The van der Waals surface area contributed by atoms with E-state index >= 15 is 0 Å². The first kappa shape index (κ1) is 17.1. The van der Waals surface area contributed by atoms with Crippen molar-refractivity contribution in [2.45, 2.75) is 32.1 Å². The Balaban J connectivity index is 1.94. The smallest absolute Gasteiger partial charge is 0.335 e. The Morgan fingerprint density at radius 3 is 2.64 bits per heavy atom. The molecule has 1 aliphatic heterocycles. The molecule has 7 heteroatoms. The van der Waals surface area contributed by atoms with E-state index in [0.717, 1.165) is 18.5 Å². The molecule has 2 heterocycles. The molecule has 0 spiro atoms. The van der Waals surface area contributed by atoms with Crippen LogP contribution in [0.1, 0.15) is 37.9 Å². The van der Waals surface area contributed by atoms with E-state index in [-0.39, 0.29) is 23.8 Å². The van der Waals surface area contributed by atoms with Crippen LogP contribution in [0.4, 0.5) is 0 Å². The number of aromatic nitrogens is 3.